The van der Waals surface area contributed by atoms with Crippen LogP contribution in [-0.4, -0.2) is 19.0 Å². The average Bonchev–Trinajstić information content (AvgIpc) is 2.54. The molecular weight excluding hydrogens is 341 g/mol. The number of carbonyl (C=O) groups excluding carboxylic acids is 1. The number of nitrogens with one attached hydrogen (secondary N) is 2. The van der Waals surface area contributed by atoms with Gasteiger partial charge in [0.2, 0.25) is 5.91 Å². The summed E-state index contributed by atoms with van der Waals surface area (Å²) in [4.78, 5) is 11.7. The molecule has 0 bridgehead atoms. The topological polar surface area (TPSA) is 41.1 Å². The van der Waals surface area contributed by atoms with Crippen LogP contribution >= 0.6 is 11.6 Å². The lowest BCUT2D eigenvalue weighted by Crippen LogP contribution is -2.31. The first kappa shape index (κ1) is 18.1. The van der Waals surface area contributed by atoms with Gasteiger partial charge in [-0.1, -0.05) is 41.9 Å². The Morgan fingerprint density at radius 1 is 1.08 bits per heavy atom. The lowest BCUT2D eigenvalue weighted by atomic mass is 10.1. The molecule has 128 valence electrons. The number of anilines is 1. The summed E-state index contributed by atoms with van der Waals surface area (Å²) in [7, 11) is 0. The fraction of sp³-hybridized carbons (Fsp3) is 0.235. The number of benzene rings is 2. The van der Waals surface area contributed by atoms with Crippen molar-refractivity contribution in [1.82, 2.24) is 5.32 Å². The highest BCUT2D eigenvalue weighted by Crippen LogP contribution is 2.33. The number of alkyl halides is 3. The quantitative estimate of drug-likeness (QED) is 0.817. The molecule has 0 heterocycles. The van der Waals surface area contributed by atoms with Crippen LogP contribution < -0.4 is 10.6 Å². The van der Waals surface area contributed by atoms with E-state index in [1.807, 2.05) is 30.3 Å². The first-order chi connectivity index (χ1) is 11.4. The monoisotopic (exact) mass is 356 g/mol. The lowest BCUT2D eigenvalue weighted by molar-refractivity contribution is -0.137. The minimum atomic E-state index is -4.45. The van der Waals surface area contributed by atoms with Crippen molar-refractivity contribution < 1.29 is 18.0 Å². The van der Waals surface area contributed by atoms with Gasteiger partial charge in [0, 0.05) is 6.54 Å². The Kier molecular flexibility index (Phi) is 6.09. The Hall–Kier alpha value is -2.21. The predicted molar refractivity (Wildman–Crippen MR) is 88.1 cm³/mol. The van der Waals surface area contributed by atoms with E-state index in [0.29, 0.717) is 13.0 Å². The molecule has 2 rings (SSSR count). The second-order valence-corrected chi connectivity index (χ2v) is 5.54. The maximum atomic E-state index is 12.5. The van der Waals surface area contributed by atoms with E-state index in [1.165, 1.54) is 6.07 Å². The van der Waals surface area contributed by atoms with Gasteiger partial charge in [-0.05, 0) is 30.2 Å². The minimum absolute atomic E-state index is 0.0696. The zero-order chi connectivity index (χ0) is 17.6. The fourth-order valence-electron chi connectivity index (χ4n) is 2.06. The molecule has 0 saturated heterocycles. The smallest absolute Gasteiger partial charge is 0.375 e. The van der Waals surface area contributed by atoms with Crippen LogP contribution in [0.25, 0.3) is 0 Å². The van der Waals surface area contributed by atoms with Crippen LogP contribution in [0.1, 0.15) is 11.1 Å². The van der Waals surface area contributed by atoms with Crippen LogP contribution in [0.5, 0.6) is 0 Å². The van der Waals surface area contributed by atoms with E-state index in [2.05, 4.69) is 10.6 Å². The molecule has 0 atom stereocenters. The summed E-state index contributed by atoms with van der Waals surface area (Å²) in [6, 6.07) is 12.6. The van der Waals surface area contributed by atoms with Crippen molar-refractivity contribution in [3.05, 3.63) is 64.7 Å². The Morgan fingerprint density at radius 2 is 1.79 bits per heavy atom. The summed E-state index contributed by atoms with van der Waals surface area (Å²) in [6.07, 6.45) is -3.75. The van der Waals surface area contributed by atoms with Gasteiger partial charge in [0.1, 0.15) is 0 Å². The molecule has 2 aromatic carbocycles. The Bertz CT molecular complexity index is 690. The molecule has 0 aliphatic heterocycles. The first-order valence-corrected chi connectivity index (χ1v) is 7.65. The third kappa shape index (κ3) is 5.45. The SMILES string of the molecule is O=C(CNc1ccc(C(F)(F)F)cc1Cl)NCCc1ccccc1. The van der Waals surface area contributed by atoms with Crippen molar-refractivity contribution in [3.8, 4) is 0 Å². The first-order valence-electron chi connectivity index (χ1n) is 7.27. The van der Waals surface area contributed by atoms with Gasteiger partial charge >= 0.3 is 6.18 Å². The predicted octanol–water partition coefficient (Wildman–Crippen LogP) is 4.13. The van der Waals surface area contributed by atoms with Gasteiger partial charge < -0.3 is 10.6 Å². The van der Waals surface area contributed by atoms with Crippen LogP contribution in [0.4, 0.5) is 18.9 Å². The highest BCUT2D eigenvalue weighted by Gasteiger charge is 2.30. The summed E-state index contributed by atoms with van der Waals surface area (Å²) in [5.41, 5.74) is 0.560. The van der Waals surface area contributed by atoms with Crippen LogP contribution in [0.3, 0.4) is 0 Å². The average molecular weight is 357 g/mol. The largest absolute Gasteiger partial charge is 0.416 e. The van der Waals surface area contributed by atoms with Gasteiger partial charge in [-0.15, -0.1) is 0 Å². The molecule has 0 radical (unpaired) electrons. The molecule has 2 N–H and O–H groups in total. The van der Waals surface area contributed by atoms with Crippen molar-refractivity contribution in [1.29, 1.82) is 0 Å². The molecule has 0 unspecified atom stereocenters. The summed E-state index contributed by atoms with van der Waals surface area (Å²) >= 11 is 5.81. The second-order valence-electron chi connectivity index (χ2n) is 5.13. The van der Waals surface area contributed by atoms with Gasteiger partial charge in [-0.25, -0.2) is 0 Å². The molecular formula is C17H16ClF3N2O. The normalized spacial score (nSPS) is 11.2. The zero-order valence-corrected chi connectivity index (χ0v) is 13.4. The van der Waals surface area contributed by atoms with Crippen LogP contribution in [-0.2, 0) is 17.4 Å². The highest BCUT2D eigenvalue weighted by molar-refractivity contribution is 6.33. The van der Waals surface area contributed by atoms with Crippen molar-refractivity contribution in [2.45, 2.75) is 12.6 Å². The van der Waals surface area contributed by atoms with Crippen LogP contribution in [0.2, 0.25) is 5.02 Å². The van der Waals surface area contributed by atoms with Gasteiger partial charge in [0.05, 0.1) is 22.8 Å². The molecule has 3 nitrogen and oxygen atoms in total. The van der Waals surface area contributed by atoms with E-state index < -0.39 is 11.7 Å². The molecule has 1 amide bonds. The van der Waals surface area contributed by atoms with Crippen molar-refractivity contribution in [3.63, 3.8) is 0 Å². The molecule has 2 aromatic rings. The third-order valence-corrected chi connectivity index (χ3v) is 3.63. The van der Waals surface area contributed by atoms with E-state index in [-0.39, 0.29) is 23.2 Å². The molecule has 0 aromatic heterocycles. The Balaban J connectivity index is 1.79. The summed E-state index contributed by atoms with van der Waals surface area (Å²) in [6.45, 7) is 0.408. The summed E-state index contributed by atoms with van der Waals surface area (Å²) < 4.78 is 37.6. The van der Waals surface area contributed by atoms with E-state index in [4.69, 9.17) is 11.6 Å². The van der Waals surface area contributed by atoms with E-state index in [0.717, 1.165) is 17.7 Å². The van der Waals surface area contributed by atoms with Gasteiger partial charge in [-0.2, -0.15) is 13.2 Å². The lowest BCUT2D eigenvalue weighted by Gasteiger charge is -2.12. The molecule has 0 fully saturated rings. The van der Waals surface area contributed by atoms with Crippen LogP contribution in [0, 0.1) is 0 Å². The summed E-state index contributed by atoms with van der Waals surface area (Å²) in [5.74, 6) is -0.262. The number of rotatable bonds is 6. The van der Waals surface area contributed by atoms with Gasteiger partial charge in [0.25, 0.3) is 0 Å². The van der Waals surface area contributed by atoms with Crippen molar-refractivity contribution in [2.75, 3.05) is 18.4 Å². The molecule has 0 aliphatic carbocycles. The highest BCUT2D eigenvalue weighted by atomic mass is 35.5. The number of amides is 1. The molecule has 24 heavy (non-hydrogen) atoms. The van der Waals surface area contributed by atoms with E-state index in [1.54, 1.807) is 0 Å². The third-order valence-electron chi connectivity index (χ3n) is 3.31. The minimum Gasteiger partial charge on any atom is -0.375 e. The standard InChI is InChI=1S/C17H16ClF3N2O/c18-14-10-13(17(19,20)21)6-7-15(14)23-11-16(24)22-9-8-12-4-2-1-3-5-12/h1-7,10,23H,8-9,11H2,(H,22,24). The fourth-order valence-corrected chi connectivity index (χ4v) is 2.31. The maximum Gasteiger partial charge on any atom is 0.416 e. The number of carbonyl (C=O) groups is 1. The Labute approximate surface area is 142 Å². The van der Waals surface area contributed by atoms with Crippen molar-refractivity contribution >= 4 is 23.2 Å². The molecule has 7 heteroatoms. The van der Waals surface area contributed by atoms with Gasteiger partial charge in [0.15, 0.2) is 0 Å². The number of hydrogen-bond acceptors (Lipinski definition) is 2. The van der Waals surface area contributed by atoms with Gasteiger partial charge in [-0.3, -0.25) is 4.79 Å². The van der Waals surface area contributed by atoms with E-state index in [9.17, 15) is 18.0 Å². The summed E-state index contributed by atoms with van der Waals surface area (Å²) in [5, 5.41) is 5.38. The van der Waals surface area contributed by atoms with Crippen molar-refractivity contribution in [2.24, 2.45) is 0 Å². The second kappa shape index (κ2) is 8.06. The molecule has 0 aliphatic rings. The van der Waals surface area contributed by atoms with Crippen LogP contribution in [0.15, 0.2) is 48.5 Å². The molecule has 0 saturated carbocycles. The number of hydrogen-bond donors (Lipinski definition) is 2. The Morgan fingerprint density at radius 3 is 2.42 bits per heavy atom. The van der Waals surface area contributed by atoms with E-state index >= 15 is 0 Å². The molecule has 0 spiro atoms. The zero-order valence-electron chi connectivity index (χ0n) is 12.7. The maximum absolute atomic E-state index is 12.5. The number of halogens is 4.